The molecule has 0 saturated carbocycles. The minimum Gasteiger partial charge on any atom is -0.207 e. The van der Waals surface area contributed by atoms with E-state index in [0.717, 1.165) is 12.8 Å². The summed E-state index contributed by atoms with van der Waals surface area (Å²) in [5, 5.41) is 0.257. The number of alkyl halides is 1. The van der Waals surface area contributed by atoms with Crippen molar-refractivity contribution >= 4 is 60.8 Å². The summed E-state index contributed by atoms with van der Waals surface area (Å²) in [6.45, 7) is 0.894. The third kappa shape index (κ3) is 3.45. The second-order valence-corrected chi connectivity index (χ2v) is 8.61. The highest BCUT2D eigenvalue weighted by Crippen LogP contribution is 2.36. The molecule has 8 heteroatoms. The maximum absolute atomic E-state index is 12.6. The van der Waals surface area contributed by atoms with E-state index < -0.39 is 10.0 Å². The minimum absolute atomic E-state index is 0.0200. The Bertz CT molecular complexity index is 578. The third-order valence-corrected chi connectivity index (χ3v) is 7.07. The molecule has 1 aromatic rings. The SMILES string of the molecule is O=S(=O)(c1c(Cl)cc(Br)cc1Cl)N1CCC(CCl)CC1. The second-order valence-electron chi connectivity index (χ2n) is 4.70. The van der Waals surface area contributed by atoms with Gasteiger partial charge in [0, 0.05) is 23.4 Å². The Morgan fingerprint density at radius 3 is 2.15 bits per heavy atom. The molecule has 0 amide bonds. The lowest BCUT2D eigenvalue weighted by Gasteiger charge is -2.30. The van der Waals surface area contributed by atoms with Gasteiger partial charge in [-0.3, -0.25) is 0 Å². The monoisotopic (exact) mass is 419 g/mol. The van der Waals surface area contributed by atoms with Gasteiger partial charge in [-0.2, -0.15) is 4.31 Å². The second kappa shape index (κ2) is 6.71. The van der Waals surface area contributed by atoms with Gasteiger partial charge >= 0.3 is 0 Å². The predicted octanol–water partition coefficient (Wildman–Crippen LogP) is 4.40. The average Bonchev–Trinajstić information content (AvgIpc) is 2.37. The van der Waals surface area contributed by atoms with E-state index in [9.17, 15) is 8.42 Å². The summed E-state index contributed by atoms with van der Waals surface area (Å²) >= 11 is 21.2. The Balaban J connectivity index is 2.32. The molecule has 20 heavy (non-hydrogen) atoms. The Labute approximate surface area is 142 Å². The topological polar surface area (TPSA) is 37.4 Å². The summed E-state index contributed by atoms with van der Waals surface area (Å²) in [4.78, 5) is -0.0200. The lowest BCUT2D eigenvalue weighted by molar-refractivity contribution is 0.290. The molecule has 0 aliphatic carbocycles. The largest absolute Gasteiger partial charge is 0.246 e. The highest BCUT2D eigenvalue weighted by Gasteiger charge is 2.32. The molecule has 1 saturated heterocycles. The van der Waals surface area contributed by atoms with E-state index in [2.05, 4.69) is 15.9 Å². The van der Waals surface area contributed by atoms with E-state index in [1.165, 1.54) is 16.4 Å². The Kier molecular flexibility index (Phi) is 5.65. The fraction of sp³-hybridized carbons (Fsp3) is 0.500. The van der Waals surface area contributed by atoms with Crippen LogP contribution in [0.25, 0.3) is 0 Å². The Morgan fingerprint density at radius 2 is 1.70 bits per heavy atom. The summed E-state index contributed by atoms with van der Waals surface area (Å²) in [6.07, 6.45) is 1.52. The highest BCUT2D eigenvalue weighted by molar-refractivity contribution is 9.10. The fourth-order valence-corrected chi connectivity index (χ4v) is 5.87. The summed E-state index contributed by atoms with van der Waals surface area (Å²) in [5.41, 5.74) is 0. The first-order chi connectivity index (χ1) is 9.36. The number of piperidine rings is 1. The van der Waals surface area contributed by atoms with Crippen molar-refractivity contribution in [1.29, 1.82) is 0 Å². The summed E-state index contributed by atoms with van der Waals surface area (Å²) < 4.78 is 27.4. The van der Waals surface area contributed by atoms with Gasteiger partial charge in [-0.25, -0.2) is 8.42 Å². The molecular weight excluding hydrogens is 408 g/mol. The number of benzene rings is 1. The number of nitrogens with zero attached hydrogens (tertiary/aromatic N) is 1. The van der Waals surface area contributed by atoms with Crippen molar-refractivity contribution in [3.63, 3.8) is 0 Å². The molecular formula is C12H13BrCl3NO2S. The van der Waals surface area contributed by atoms with Crippen LogP contribution in [-0.2, 0) is 10.0 Å². The molecule has 3 nitrogen and oxygen atoms in total. The Morgan fingerprint density at radius 1 is 1.20 bits per heavy atom. The van der Waals surface area contributed by atoms with Gasteiger partial charge in [0.05, 0.1) is 10.0 Å². The van der Waals surface area contributed by atoms with Crippen LogP contribution in [-0.4, -0.2) is 31.7 Å². The van der Waals surface area contributed by atoms with Crippen molar-refractivity contribution in [2.45, 2.75) is 17.7 Å². The Hall–Kier alpha value is 0.480. The number of rotatable bonds is 3. The molecule has 0 spiro atoms. The standard InChI is InChI=1S/C12H13BrCl3NO2S/c13-9-5-10(15)12(11(16)6-9)20(18,19)17-3-1-8(7-14)2-4-17/h5-6,8H,1-4,7H2. The molecule has 0 bridgehead atoms. The smallest absolute Gasteiger partial charge is 0.207 e. The third-order valence-electron chi connectivity index (χ3n) is 3.35. The van der Waals surface area contributed by atoms with Crippen LogP contribution in [0.4, 0.5) is 0 Å². The quantitative estimate of drug-likeness (QED) is 0.679. The van der Waals surface area contributed by atoms with Crippen LogP contribution < -0.4 is 0 Å². The average molecular weight is 422 g/mol. The van der Waals surface area contributed by atoms with Gasteiger partial charge in [0.15, 0.2) is 0 Å². The molecule has 2 rings (SSSR count). The maximum Gasteiger partial charge on any atom is 0.246 e. The molecule has 0 radical (unpaired) electrons. The molecule has 112 valence electrons. The summed E-state index contributed by atoms with van der Waals surface area (Å²) in [6, 6.07) is 3.07. The van der Waals surface area contributed by atoms with Gasteiger partial charge in [-0.1, -0.05) is 39.1 Å². The van der Waals surface area contributed by atoms with E-state index in [0.29, 0.717) is 29.4 Å². The predicted molar refractivity (Wildman–Crippen MR) is 86.4 cm³/mol. The lowest BCUT2D eigenvalue weighted by atomic mass is 10.0. The van der Waals surface area contributed by atoms with Gasteiger partial charge in [0.2, 0.25) is 10.0 Å². The molecule has 0 atom stereocenters. The molecule has 1 aliphatic heterocycles. The molecule has 1 fully saturated rings. The lowest BCUT2D eigenvalue weighted by Crippen LogP contribution is -2.39. The normalized spacial score (nSPS) is 18.4. The van der Waals surface area contributed by atoms with Crippen molar-refractivity contribution in [2.75, 3.05) is 19.0 Å². The van der Waals surface area contributed by atoms with Crippen LogP contribution in [0, 0.1) is 5.92 Å². The van der Waals surface area contributed by atoms with Crippen LogP contribution in [0.1, 0.15) is 12.8 Å². The molecule has 1 aliphatic rings. The van der Waals surface area contributed by atoms with E-state index in [1.54, 1.807) is 0 Å². The van der Waals surface area contributed by atoms with Gasteiger partial charge in [0.25, 0.3) is 0 Å². The van der Waals surface area contributed by atoms with Gasteiger partial charge in [-0.15, -0.1) is 11.6 Å². The van der Waals surface area contributed by atoms with Gasteiger partial charge < -0.3 is 0 Å². The molecule has 1 aromatic carbocycles. The first kappa shape index (κ1) is 16.8. The van der Waals surface area contributed by atoms with E-state index >= 15 is 0 Å². The minimum atomic E-state index is -3.67. The van der Waals surface area contributed by atoms with Gasteiger partial charge in [0.1, 0.15) is 4.90 Å². The zero-order valence-electron chi connectivity index (χ0n) is 10.5. The van der Waals surface area contributed by atoms with Crippen LogP contribution >= 0.6 is 50.7 Å². The molecule has 0 aromatic heterocycles. The van der Waals surface area contributed by atoms with Crippen LogP contribution in [0.3, 0.4) is 0 Å². The van der Waals surface area contributed by atoms with Crippen molar-refractivity contribution in [3.05, 3.63) is 26.7 Å². The van der Waals surface area contributed by atoms with Gasteiger partial charge in [-0.05, 0) is 30.9 Å². The summed E-state index contributed by atoms with van der Waals surface area (Å²) in [7, 11) is -3.67. The zero-order valence-corrected chi connectivity index (χ0v) is 15.1. The highest BCUT2D eigenvalue weighted by atomic mass is 79.9. The number of hydrogen-bond acceptors (Lipinski definition) is 2. The summed E-state index contributed by atoms with van der Waals surface area (Å²) in [5.74, 6) is 0.937. The van der Waals surface area contributed by atoms with Crippen LogP contribution in [0.2, 0.25) is 10.0 Å². The number of halogens is 4. The van der Waals surface area contributed by atoms with Crippen LogP contribution in [0.15, 0.2) is 21.5 Å². The van der Waals surface area contributed by atoms with Crippen molar-refractivity contribution in [1.82, 2.24) is 4.31 Å². The molecule has 0 N–H and O–H groups in total. The zero-order chi connectivity index (χ0) is 14.9. The molecule has 1 heterocycles. The first-order valence-electron chi connectivity index (χ1n) is 6.07. The van der Waals surface area contributed by atoms with E-state index in [4.69, 9.17) is 34.8 Å². The molecule has 0 unspecified atom stereocenters. The maximum atomic E-state index is 12.6. The van der Waals surface area contributed by atoms with Crippen molar-refractivity contribution < 1.29 is 8.42 Å². The van der Waals surface area contributed by atoms with Crippen molar-refractivity contribution in [3.8, 4) is 0 Å². The van der Waals surface area contributed by atoms with E-state index in [-0.39, 0.29) is 14.9 Å². The number of sulfonamides is 1. The van der Waals surface area contributed by atoms with Crippen molar-refractivity contribution in [2.24, 2.45) is 5.92 Å². The van der Waals surface area contributed by atoms with Crippen LogP contribution in [0.5, 0.6) is 0 Å². The number of hydrogen-bond donors (Lipinski definition) is 0. The van der Waals surface area contributed by atoms with E-state index in [1.807, 2.05) is 0 Å². The fourth-order valence-electron chi connectivity index (χ4n) is 2.21. The first-order valence-corrected chi connectivity index (χ1v) is 9.59.